The van der Waals surface area contributed by atoms with E-state index in [-0.39, 0.29) is 17.6 Å². The predicted molar refractivity (Wildman–Crippen MR) is 99.2 cm³/mol. The van der Waals surface area contributed by atoms with Crippen molar-refractivity contribution in [2.24, 2.45) is 5.92 Å². The summed E-state index contributed by atoms with van der Waals surface area (Å²) in [4.78, 5) is 16.5. The fraction of sp³-hybridized carbons (Fsp3) is 0.158. The van der Waals surface area contributed by atoms with Gasteiger partial charge in [0.15, 0.2) is 3.77 Å². The molecule has 0 bridgehead atoms. The van der Waals surface area contributed by atoms with E-state index >= 15 is 0 Å². The Labute approximate surface area is 158 Å². The van der Waals surface area contributed by atoms with Gasteiger partial charge in [-0.25, -0.2) is 4.98 Å². The number of Topliss-reactive ketones (excluding diaryl/α,β-unsaturated/α-hetero) is 1. The van der Waals surface area contributed by atoms with Gasteiger partial charge in [0.25, 0.3) is 5.89 Å². The van der Waals surface area contributed by atoms with E-state index in [0.29, 0.717) is 22.5 Å². The van der Waals surface area contributed by atoms with Gasteiger partial charge in [-0.15, -0.1) is 0 Å². The molecule has 1 aliphatic heterocycles. The highest BCUT2D eigenvalue weighted by atomic mass is 127. The van der Waals surface area contributed by atoms with E-state index in [0.717, 1.165) is 17.1 Å². The van der Waals surface area contributed by atoms with E-state index in [1.807, 2.05) is 71.1 Å². The van der Waals surface area contributed by atoms with E-state index in [2.05, 4.69) is 4.98 Å². The number of halogens is 1. The highest BCUT2D eigenvalue weighted by Gasteiger charge is 2.30. The molecule has 1 aromatic heterocycles. The Morgan fingerprint density at radius 3 is 2.76 bits per heavy atom. The van der Waals surface area contributed by atoms with Crippen LogP contribution in [0.15, 0.2) is 59.1 Å². The molecule has 2 aromatic carbocycles. The molecule has 126 valence electrons. The molecular formula is C19H14INO4. The zero-order chi connectivity index (χ0) is 17.2. The van der Waals surface area contributed by atoms with Gasteiger partial charge < -0.3 is 13.9 Å². The molecule has 0 aliphatic carbocycles. The molecule has 0 unspecified atom stereocenters. The third kappa shape index (κ3) is 3.53. The van der Waals surface area contributed by atoms with Crippen molar-refractivity contribution in [2.75, 3.05) is 6.61 Å². The molecule has 0 spiro atoms. The summed E-state index contributed by atoms with van der Waals surface area (Å²) in [7, 11) is 0. The molecule has 0 fully saturated rings. The molecule has 0 saturated carbocycles. The van der Waals surface area contributed by atoms with Gasteiger partial charge in [-0.1, -0.05) is 24.3 Å². The van der Waals surface area contributed by atoms with Crippen molar-refractivity contribution in [2.45, 2.75) is 6.42 Å². The number of hydrogen-bond acceptors (Lipinski definition) is 5. The molecule has 0 N–H and O–H groups in total. The summed E-state index contributed by atoms with van der Waals surface area (Å²) in [5.74, 6) is 1.95. The number of para-hydroxylation sites is 1. The van der Waals surface area contributed by atoms with Crippen molar-refractivity contribution in [1.29, 1.82) is 0 Å². The number of carbonyl (C=O) groups excluding carboxylic acids is 1. The lowest BCUT2D eigenvalue weighted by atomic mass is 9.93. The summed E-state index contributed by atoms with van der Waals surface area (Å²) < 4.78 is 17.5. The minimum Gasteiger partial charge on any atom is -0.492 e. The Kier molecular flexibility index (Phi) is 4.44. The summed E-state index contributed by atoms with van der Waals surface area (Å²) in [5, 5.41) is 0. The highest BCUT2D eigenvalue weighted by molar-refractivity contribution is 14.1. The predicted octanol–water partition coefficient (Wildman–Crippen LogP) is 4.51. The van der Waals surface area contributed by atoms with Gasteiger partial charge in [0.05, 0.1) is 18.7 Å². The van der Waals surface area contributed by atoms with E-state index in [9.17, 15) is 4.79 Å². The first kappa shape index (κ1) is 16.1. The molecule has 0 amide bonds. The number of nitrogens with zero attached hydrogens (tertiary/aromatic N) is 1. The van der Waals surface area contributed by atoms with Crippen LogP contribution in [0.2, 0.25) is 0 Å². The van der Waals surface area contributed by atoms with Gasteiger partial charge in [-0.2, -0.15) is 0 Å². The van der Waals surface area contributed by atoms with Crippen LogP contribution in [0.25, 0.3) is 0 Å². The van der Waals surface area contributed by atoms with Gasteiger partial charge in [0.2, 0.25) is 5.78 Å². The minimum absolute atomic E-state index is 0.127. The molecule has 4 rings (SSSR count). The molecular weight excluding hydrogens is 433 g/mol. The molecule has 25 heavy (non-hydrogen) atoms. The lowest BCUT2D eigenvalue weighted by Gasteiger charge is -2.24. The van der Waals surface area contributed by atoms with E-state index < -0.39 is 0 Å². The van der Waals surface area contributed by atoms with Crippen molar-refractivity contribution < 1.29 is 18.7 Å². The Hall–Kier alpha value is -2.35. The molecule has 0 saturated heterocycles. The van der Waals surface area contributed by atoms with E-state index in [4.69, 9.17) is 13.9 Å². The maximum atomic E-state index is 12.5. The lowest BCUT2D eigenvalue weighted by molar-refractivity contribution is 0.0817. The van der Waals surface area contributed by atoms with Gasteiger partial charge in [-0.3, -0.25) is 4.79 Å². The molecule has 5 nitrogen and oxygen atoms in total. The standard InChI is InChI=1S/C19H14INO4/c20-17-10-21-19(25-17)18(22)13-8-12-6-7-15(9-16(12)23-11-13)24-14-4-2-1-3-5-14/h1-7,9-10,13H,8,11H2/t13-/m0/s1. The topological polar surface area (TPSA) is 61.6 Å². The van der Waals surface area contributed by atoms with Crippen LogP contribution in [0.3, 0.4) is 0 Å². The summed E-state index contributed by atoms with van der Waals surface area (Å²) in [6.45, 7) is 0.305. The largest absolute Gasteiger partial charge is 0.492 e. The molecule has 6 heteroatoms. The smallest absolute Gasteiger partial charge is 0.264 e. The van der Waals surface area contributed by atoms with E-state index in [1.54, 1.807) is 6.20 Å². The fourth-order valence-electron chi connectivity index (χ4n) is 2.75. The van der Waals surface area contributed by atoms with Gasteiger partial charge in [0, 0.05) is 28.7 Å². The number of ketones is 1. The van der Waals surface area contributed by atoms with Gasteiger partial charge >= 0.3 is 0 Å². The first-order chi connectivity index (χ1) is 12.2. The summed E-state index contributed by atoms with van der Waals surface area (Å²) in [5.41, 5.74) is 0.978. The van der Waals surface area contributed by atoms with Crippen LogP contribution in [0.4, 0.5) is 0 Å². The molecule has 3 aromatic rings. The average molecular weight is 447 g/mol. The van der Waals surface area contributed by atoms with Gasteiger partial charge in [-0.05, 0) is 30.2 Å². The van der Waals surface area contributed by atoms with Crippen molar-refractivity contribution >= 4 is 28.4 Å². The Bertz CT molecular complexity index is 907. The van der Waals surface area contributed by atoms with Crippen molar-refractivity contribution in [3.63, 3.8) is 0 Å². The van der Waals surface area contributed by atoms with Crippen LogP contribution in [-0.2, 0) is 6.42 Å². The summed E-state index contributed by atoms with van der Waals surface area (Å²) in [6, 6.07) is 15.3. The van der Waals surface area contributed by atoms with Crippen LogP contribution in [0, 0.1) is 9.68 Å². The third-order valence-electron chi connectivity index (χ3n) is 3.98. The second-order valence-electron chi connectivity index (χ2n) is 5.73. The highest BCUT2D eigenvalue weighted by Crippen LogP contribution is 2.33. The number of oxazole rings is 1. The quantitative estimate of drug-likeness (QED) is 0.435. The maximum absolute atomic E-state index is 12.5. The third-order valence-corrected chi connectivity index (χ3v) is 4.48. The minimum atomic E-state index is -0.289. The number of fused-ring (bicyclic) bond motifs is 1. The van der Waals surface area contributed by atoms with Crippen molar-refractivity contribution in [1.82, 2.24) is 4.98 Å². The monoisotopic (exact) mass is 447 g/mol. The molecule has 1 atom stereocenters. The molecule has 0 radical (unpaired) electrons. The first-order valence-corrected chi connectivity index (χ1v) is 8.91. The maximum Gasteiger partial charge on any atom is 0.264 e. The fourth-order valence-corrected chi connectivity index (χ4v) is 3.10. The number of carbonyl (C=O) groups is 1. The van der Waals surface area contributed by atoms with Crippen LogP contribution in [0.5, 0.6) is 17.2 Å². The number of benzene rings is 2. The Morgan fingerprint density at radius 1 is 1.16 bits per heavy atom. The average Bonchev–Trinajstić information content (AvgIpc) is 3.08. The van der Waals surface area contributed by atoms with Crippen LogP contribution >= 0.6 is 22.6 Å². The second-order valence-corrected chi connectivity index (χ2v) is 6.79. The number of ether oxygens (including phenoxy) is 2. The van der Waals surface area contributed by atoms with E-state index in [1.165, 1.54) is 0 Å². The van der Waals surface area contributed by atoms with Crippen molar-refractivity contribution in [3.05, 3.63) is 69.9 Å². The van der Waals surface area contributed by atoms with Gasteiger partial charge in [0.1, 0.15) is 17.2 Å². The van der Waals surface area contributed by atoms with Crippen LogP contribution in [0.1, 0.15) is 16.2 Å². The number of rotatable bonds is 4. The second kappa shape index (κ2) is 6.87. The normalized spacial score (nSPS) is 16.0. The Balaban J connectivity index is 1.49. The number of aromatic nitrogens is 1. The lowest BCUT2D eigenvalue weighted by Crippen LogP contribution is -2.28. The molecule has 1 aliphatic rings. The van der Waals surface area contributed by atoms with Crippen LogP contribution in [-0.4, -0.2) is 17.4 Å². The SMILES string of the molecule is O=C(c1ncc(I)o1)[C@@H]1COc2cc(Oc3ccccc3)ccc2C1. The zero-order valence-electron chi connectivity index (χ0n) is 13.1. The number of hydrogen-bond donors (Lipinski definition) is 0. The zero-order valence-corrected chi connectivity index (χ0v) is 15.3. The summed E-state index contributed by atoms with van der Waals surface area (Å²) in [6.07, 6.45) is 2.14. The first-order valence-electron chi connectivity index (χ1n) is 7.83. The van der Waals surface area contributed by atoms with Crippen LogP contribution < -0.4 is 9.47 Å². The summed E-state index contributed by atoms with van der Waals surface area (Å²) >= 11 is 1.99. The van der Waals surface area contributed by atoms with Crippen molar-refractivity contribution in [3.8, 4) is 17.2 Å². The molecule has 2 heterocycles. The Morgan fingerprint density at radius 2 is 2.00 bits per heavy atom.